The highest BCUT2D eigenvalue weighted by molar-refractivity contribution is 5.90. The number of anilines is 1. The number of para-hydroxylation sites is 1. The Morgan fingerprint density at radius 2 is 1.62 bits per heavy atom. The van der Waals surface area contributed by atoms with E-state index in [1.165, 1.54) is 5.56 Å². The number of urea groups is 1. The molecule has 6 rings (SSSR count). The summed E-state index contributed by atoms with van der Waals surface area (Å²) in [6.45, 7) is 8.88. The molecule has 0 fully saturated rings. The molecule has 1 aliphatic rings. The van der Waals surface area contributed by atoms with Crippen LogP contribution in [0.3, 0.4) is 0 Å². The molecule has 3 heterocycles. The summed E-state index contributed by atoms with van der Waals surface area (Å²) in [4.78, 5) is 16.0. The molecule has 1 N–H and O–H groups in total. The van der Waals surface area contributed by atoms with E-state index in [1.54, 1.807) is 0 Å². The van der Waals surface area contributed by atoms with Crippen molar-refractivity contribution in [1.82, 2.24) is 19.2 Å². The lowest BCUT2D eigenvalue weighted by Crippen LogP contribution is -2.38. The second-order valence-electron chi connectivity index (χ2n) is 10.6. The first-order valence-corrected chi connectivity index (χ1v) is 13.5. The molecule has 5 aromatic rings. The number of hydrogen-bond donors (Lipinski definition) is 1. The molecule has 1 aliphatic heterocycles. The van der Waals surface area contributed by atoms with Crippen LogP contribution in [0, 0.1) is 13.8 Å². The Balaban J connectivity index is 1.52. The summed E-state index contributed by atoms with van der Waals surface area (Å²) < 4.78 is 4.19. The second-order valence-corrected chi connectivity index (χ2v) is 10.6. The number of aromatic nitrogens is 3. The maximum absolute atomic E-state index is 14.1. The van der Waals surface area contributed by atoms with Crippen LogP contribution in [-0.2, 0) is 6.54 Å². The second kappa shape index (κ2) is 9.95. The molecule has 0 spiro atoms. The van der Waals surface area contributed by atoms with Crippen LogP contribution < -0.4 is 5.32 Å². The van der Waals surface area contributed by atoms with Gasteiger partial charge in [0, 0.05) is 17.4 Å². The third-order valence-electron chi connectivity index (χ3n) is 7.57. The summed E-state index contributed by atoms with van der Waals surface area (Å²) in [5.74, 6) is 1.40. The Hall–Kier alpha value is -4.58. The number of carbonyl (C=O) groups is 1. The van der Waals surface area contributed by atoms with Gasteiger partial charge in [-0.1, -0.05) is 74.0 Å². The molecular formula is C33H33N5O. The Morgan fingerprint density at radius 3 is 2.31 bits per heavy atom. The molecule has 0 bridgehead atoms. The van der Waals surface area contributed by atoms with Crippen LogP contribution in [0.1, 0.15) is 59.4 Å². The first-order chi connectivity index (χ1) is 18.9. The lowest BCUT2D eigenvalue weighted by molar-refractivity contribution is 0.194. The zero-order valence-corrected chi connectivity index (χ0v) is 22.8. The predicted octanol–water partition coefficient (Wildman–Crippen LogP) is 7.54. The average Bonchev–Trinajstić information content (AvgIpc) is 3.51. The van der Waals surface area contributed by atoms with E-state index in [1.807, 2.05) is 72.0 Å². The van der Waals surface area contributed by atoms with Crippen LogP contribution >= 0.6 is 0 Å². The maximum atomic E-state index is 14.1. The van der Waals surface area contributed by atoms with Crippen LogP contribution in [0.2, 0.25) is 0 Å². The van der Waals surface area contributed by atoms with Gasteiger partial charge in [-0.05, 0) is 67.3 Å². The fourth-order valence-corrected chi connectivity index (χ4v) is 5.40. The van der Waals surface area contributed by atoms with E-state index in [0.717, 1.165) is 45.3 Å². The van der Waals surface area contributed by atoms with Gasteiger partial charge in [0.1, 0.15) is 5.82 Å². The van der Waals surface area contributed by atoms with Crippen molar-refractivity contribution in [1.29, 1.82) is 0 Å². The minimum absolute atomic E-state index is 0.149. The fraction of sp³-hybridized carbons (Fsp3) is 0.212. The van der Waals surface area contributed by atoms with Crippen molar-refractivity contribution in [2.24, 2.45) is 0 Å². The quantitative estimate of drug-likeness (QED) is 0.269. The summed E-state index contributed by atoms with van der Waals surface area (Å²) in [6.07, 6.45) is 2.07. The van der Waals surface area contributed by atoms with Crippen molar-refractivity contribution < 1.29 is 4.79 Å². The number of aryl methyl sites for hydroxylation is 2. The highest BCUT2D eigenvalue weighted by atomic mass is 16.2. The van der Waals surface area contributed by atoms with E-state index in [9.17, 15) is 4.79 Å². The fourth-order valence-electron chi connectivity index (χ4n) is 5.40. The molecule has 2 amide bonds. The predicted molar refractivity (Wildman–Crippen MR) is 156 cm³/mol. The van der Waals surface area contributed by atoms with E-state index in [0.29, 0.717) is 12.5 Å². The van der Waals surface area contributed by atoms with Crippen molar-refractivity contribution in [2.45, 2.75) is 46.2 Å². The molecule has 2 aromatic heterocycles. The molecular weight excluding hydrogens is 482 g/mol. The number of rotatable bonds is 4. The van der Waals surface area contributed by atoms with Crippen LogP contribution in [0.4, 0.5) is 10.5 Å². The van der Waals surface area contributed by atoms with Gasteiger partial charge in [-0.15, -0.1) is 0 Å². The molecule has 0 radical (unpaired) electrons. The molecule has 196 valence electrons. The summed E-state index contributed by atoms with van der Waals surface area (Å²) in [7, 11) is 0. The number of hydrogen-bond acceptors (Lipinski definition) is 2. The average molecular weight is 516 g/mol. The van der Waals surface area contributed by atoms with Crippen molar-refractivity contribution in [3.63, 3.8) is 0 Å². The standard InChI is InChI=1S/C33H33N5O/c1-22(2)25-14-16-26(17-15-25)31-30-11-8-20-36(30)32-29(24(4)35-38(32)28-9-6-5-7-10-28)21-37(31)33(39)34-27-18-12-23(3)13-19-27/h5-20,22,31H,21H2,1-4H3,(H,34,39)/t31-/m0/s1. The third-order valence-corrected chi connectivity index (χ3v) is 7.57. The number of fused-ring (bicyclic) bond motifs is 3. The molecule has 0 aliphatic carbocycles. The largest absolute Gasteiger partial charge is 0.322 e. The molecule has 6 heteroatoms. The van der Waals surface area contributed by atoms with Crippen molar-refractivity contribution >= 4 is 11.7 Å². The zero-order chi connectivity index (χ0) is 27.1. The maximum Gasteiger partial charge on any atom is 0.322 e. The van der Waals surface area contributed by atoms with Crippen LogP contribution in [-0.4, -0.2) is 25.3 Å². The number of nitrogens with one attached hydrogen (secondary N) is 1. The molecule has 39 heavy (non-hydrogen) atoms. The van der Waals surface area contributed by atoms with Crippen LogP contribution in [0.25, 0.3) is 11.5 Å². The summed E-state index contributed by atoms with van der Waals surface area (Å²) in [6, 6.07) is 30.5. The van der Waals surface area contributed by atoms with E-state index >= 15 is 0 Å². The van der Waals surface area contributed by atoms with Gasteiger partial charge in [-0.3, -0.25) is 0 Å². The van der Waals surface area contributed by atoms with E-state index in [4.69, 9.17) is 5.10 Å². The normalized spacial score (nSPS) is 14.6. The first kappa shape index (κ1) is 24.7. The van der Waals surface area contributed by atoms with Gasteiger partial charge >= 0.3 is 6.03 Å². The Labute approximate surface area is 229 Å². The zero-order valence-electron chi connectivity index (χ0n) is 22.8. The van der Waals surface area contributed by atoms with Gasteiger partial charge < -0.3 is 14.8 Å². The van der Waals surface area contributed by atoms with Gasteiger partial charge in [0.2, 0.25) is 0 Å². The topological polar surface area (TPSA) is 55.1 Å². The van der Waals surface area contributed by atoms with Crippen molar-refractivity contribution in [3.8, 4) is 11.5 Å². The lowest BCUT2D eigenvalue weighted by atomic mass is 9.97. The SMILES string of the molecule is Cc1ccc(NC(=O)N2Cc3c(C)nn(-c4ccccc4)c3-n3cccc3[C@@H]2c2ccc(C(C)C)cc2)cc1. The minimum atomic E-state index is -0.289. The molecule has 0 saturated heterocycles. The van der Waals surface area contributed by atoms with E-state index in [-0.39, 0.29) is 12.1 Å². The first-order valence-electron chi connectivity index (χ1n) is 13.5. The summed E-state index contributed by atoms with van der Waals surface area (Å²) in [5, 5.41) is 8.09. The number of nitrogens with zero attached hydrogens (tertiary/aromatic N) is 4. The molecule has 0 unspecified atom stereocenters. The van der Waals surface area contributed by atoms with Gasteiger partial charge in [0.15, 0.2) is 0 Å². The molecule has 0 saturated carbocycles. The highest BCUT2D eigenvalue weighted by Gasteiger charge is 2.36. The summed E-state index contributed by atoms with van der Waals surface area (Å²) in [5.41, 5.74) is 8.19. The van der Waals surface area contributed by atoms with Crippen molar-refractivity contribution in [3.05, 3.63) is 131 Å². The van der Waals surface area contributed by atoms with E-state index < -0.39 is 0 Å². The van der Waals surface area contributed by atoms with Gasteiger partial charge in [0.05, 0.1) is 29.7 Å². The Morgan fingerprint density at radius 1 is 0.897 bits per heavy atom. The number of amides is 2. The number of benzene rings is 3. The summed E-state index contributed by atoms with van der Waals surface area (Å²) >= 11 is 0. The van der Waals surface area contributed by atoms with E-state index in [2.05, 4.69) is 72.4 Å². The molecule has 6 nitrogen and oxygen atoms in total. The Kier molecular flexibility index (Phi) is 6.31. The smallest absolute Gasteiger partial charge is 0.308 e. The minimum Gasteiger partial charge on any atom is -0.308 e. The Bertz CT molecular complexity index is 1610. The lowest BCUT2D eigenvalue weighted by Gasteiger charge is -2.31. The van der Waals surface area contributed by atoms with Gasteiger partial charge in [-0.25, -0.2) is 9.48 Å². The van der Waals surface area contributed by atoms with Gasteiger partial charge in [-0.2, -0.15) is 5.10 Å². The number of carbonyl (C=O) groups excluding carboxylic acids is 1. The monoisotopic (exact) mass is 515 g/mol. The van der Waals surface area contributed by atoms with Gasteiger partial charge in [0.25, 0.3) is 0 Å². The van der Waals surface area contributed by atoms with Crippen LogP contribution in [0.15, 0.2) is 97.2 Å². The van der Waals surface area contributed by atoms with Crippen LogP contribution in [0.5, 0.6) is 0 Å². The van der Waals surface area contributed by atoms with Crippen molar-refractivity contribution in [2.75, 3.05) is 5.32 Å². The molecule has 3 aromatic carbocycles. The molecule has 1 atom stereocenters. The third kappa shape index (κ3) is 4.52. The highest BCUT2D eigenvalue weighted by Crippen LogP contribution is 2.39.